The van der Waals surface area contributed by atoms with Gasteiger partial charge in [0.1, 0.15) is 12.1 Å². The van der Waals surface area contributed by atoms with Crippen molar-refractivity contribution < 1.29 is 37.0 Å². The van der Waals surface area contributed by atoms with Crippen molar-refractivity contribution >= 4 is 18.0 Å². The Labute approximate surface area is 213 Å². The molecule has 0 radical (unpaired) electrons. The largest absolute Gasteiger partial charge is 0.464 e. The number of nitrogens with one attached hydrogen (secondary N) is 2. The van der Waals surface area contributed by atoms with E-state index in [1.165, 1.54) is 26.3 Å². The van der Waals surface area contributed by atoms with Crippen molar-refractivity contribution in [2.75, 3.05) is 13.2 Å². The first-order valence-corrected chi connectivity index (χ1v) is 11.4. The summed E-state index contributed by atoms with van der Waals surface area (Å²) in [5, 5.41) is 12.3. The Kier molecular flexibility index (Phi) is 10.7. The van der Waals surface area contributed by atoms with Gasteiger partial charge in [0, 0.05) is 19.4 Å². The van der Waals surface area contributed by atoms with Crippen LogP contribution in [-0.4, -0.2) is 61.8 Å². The van der Waals surface area contributed by atoms with Crippen LogP contribution in [0.25, 0.3) is 0 Å². The number of ether oxygens (including phenoxy) is 2. The predicted octanol–water partition coefficient (Wildman–Crippen LogP) is 3.15. The van der Waals surface area contributed by atoms with E-state index in [1.807, 2.05) is 26.4 Å². The molecular weight excluding hydrogens is 497 g/mol. The number of hydrogen-bond acceptors (Lipinski definition) is 7. The molecule has 0 aliphatic carbocycles. The van der Waals surface area contributed by atoms with Gasteiger partial charge in [0.2, 0.25) is 5.91 Å². The summed E-state index contributed by atoms with van der Waals surface area (Å²) in [6.07, 6.45) is -0.426. The van der Waals surface area contributed by atoms with Crippen LogP contribution in [0.2, 0.25) is 0 Å². The van der Waals surface area contributed by atoms with Crippen LogP contribution in [0, 0.1) is 6.92 Å². The van der Waals surface area contributed by atoms with Crippen LogP contribution < -0.4 is 10.6 Å². The SMILES string of the molecule is CCOC(=O)C(n1cc(C(F)(F)F)cn1)C(C)(C)NC(=O)CNC(=O)OC(C)(C)C.Cc1cnn(C)c1. The third-order valence-electron chi connectivity index (χ3n) is 4.47. The summed E-state index contributed by atoms with van der Waals surface area (Å²) in [6.45, 7) is 10.9. The molecule has 14 heteroatoms. The van der Waals surface area contributed by atoms with Crippen molar-refractivity contribution in [3.8, 4) is 0 Å². The van der Waals surface area contributed by atoms with Gasteiger partial charge in [-0.1, -0.05) is 0 Å². The molecule has 0 saturated heterocycles. The number of carbonyl (C=O) groups is 3. The molecule has 0 saturated carbocycles. The van der Waals surface area contributed by atoms with Gasteiger partial charge < -0.3 is 20.1 Å². The first kappa shape index (κ1) is 31.4. The van der Waals surface area contributed by atoms with Crippen molar-refractivity contribution in [2.24, 2.45) is 7.05 Å². The van der Waals surface area contributed by atoms with E-state index in [4.69, 9.17) is 9.47 Å². The number of amides is 2. The van der Waals surface area contributed by atoms with Crippen LogP contribution in [0.3, 0.4) is 0 Å². The number of aryl methyl sites for hydroxylation is 2. The van der Waals surface area contributed by atoms with E-state index in [-0.39, 0.29) is 6.61 Å². The smallest absolute Gasteiger partial charge is 0.419 e. The summed E-state index contributed by atoms with van der Waals surface area (Å²) >= 11 is 0. The Morgan fingerprint density at radius 3 is 2.08 bits per heavy atom. The summed E-state index contributed by atoms with van der Waals surface area (Å²) in [4.78, 5) is 36.4. The molecule has 0 aliphatic rings. The summed E-state index contributed by atoms with van der Waals surface area (Å²) in [5.41, 5.74) is -2.01. The summed E-state index contributed by atoms with van der Waals surface area (Å²) in [6, 6.07) is -1.39. The highest BCUT2D eigenvalue weighted by Crippen LogP contribution is 2.31. The van der Waals surface area contributed by atoms with Gasteiger partial charge in [0.15, 0.2) is 6.04 Å². The maximum atomic E-state index is 12.9. The lowest BCUT2D eigenvalue weighted by molar-refractivity contribution is -0.150. The lowest BCUT2D eigenvalue weighted by Gasteiger charge is -2.33. The molecule has 0 spiro atoms. The minimum Gasteiger partial charge on any atom is -0.464 e. The molecule has 208 valence electrons. The zero-order chi connectivity index (χ0) is 28.6. The normalized spacial score (nSPS) is 12.6. The number of aromatic nitrogens is 4. The van der Waals surface area contributed by atoms with Crippen molar-refractivity contribution in [3.63, 3.8) is 0 Å². The van der Waals surface area contributed by atoms with Crippen molar-refractivity contribution in [1.82, 2.24) is 30.2 Å². The van der Waals surface area contributed by atoms with Crippen LogP contribution in [0.4, 0.5) is 18.0 Å². The number of esters is 1. The fourth-order valence-electron chi connectivity index (χ4n) is 3.06. The highest BCUT2D eigenvalue weighted by atomic mass is 19.4. The first-order valence-electron chi connectivity index (χ1n) is 11.4. The monoisotopic (exact) mass is 532 g/mol. The third kappa shape index (κ3) is 10.9. The lowest BCUT2D eigenvalue weighted by atomic mass is 9.94. The van der Waals surface area contributed by atoms with Crippen molar-refractivity contribution in [3.05, 3.63) is 35.9 Å². The van der Waals surface area contributed by atoms with Gasteiger partial charge in [0.05, 0.1) is 30.1 Å². The molecule has 0 aliphatic heterocycles. The van der Waals surface area contributed by atoms with Crippen LogP contribution in [0.5, 0.6) is 0 Å². The van der Waals surface area contributed by atoms with E-state index in [9.17, 15) is 27.6 Å². The highest BCUT2D eigenvalue weighted by Gasteiger charge is 2.41. The first-order chi connectivity index (χ1) is 16.9. The molecule has 2 rings (SSSR count). The highest BCUT2D eigenvalue weighted by molar-refractivity contribution is 5.84. The van der Waals surface area contributed by atoms with Crippen LogP contribution in [0.15, 0.2) is 24.8 Å². The molecule has 1 unspecified atom stereocenters. The second kappa shape index (κ2) is 12.6. The van der Waals surface area contributed by atoms with Crippen LogP contribution in [-0.2, 0) is 32.3 Å². The number of rotatable bonds is 7. The van der Waals surface area contributed by atoms with Gasteiger partial charge in [-0.15, -0.1) is 0 Å². The number of carbonyl (C=O) groups excluding carboxylic acids is 3. The van der Waals surface area contributed by atoms with Crippen LogP contribution >= 0.6 is 0 Å². The van der Waals surface area contributed by atoms with E-state index < -0.39 is 53.4 Å². The van der Waals surface area contributed by atoms with Crippen LogP contribution in [0.1, 0.15) is 58.7 Å². The zero-order valence-electron chi connectivity index (χ0n) is 22.3. The summed E-state index contributed by atoms with van der Waals surface area (Å²) < 4.78 is 51.3. The van der Waals surface area contributed by atoms with E-state index in [0.29, 0.717) is 12.4 Å². The molecule has 2 aromatic heterocycles. The molecule has 2 aromatic rings. The topological polar surface area (TPSA) is 129 Å². The maximum absolute atomic E-state index is 12.9. The van der Waals surface area contributed by atoms with Gasteiger partial charge in [-0.25, -0.2) is 9.59 Å². The Morgan fingerprint density at radius 2 is 1.68 bits per heavy atom. The number of nitrogens with zero attached hydrogens (tertiary/aromatic N) is 4. The Bertz CT molecular complexity index is 1040. The average molecular weight is 533 g/mol. The third-order valence-corrected chi connectivity index (χ3v) is 4.47. The molecule has 2 heterocycles. The lowest BCUT2D eigenvalue weighted by Crippen LogP contribution is -2.55. The Morgan fingerprint density at radius 1 is 1.05 bits per heavy atom. The molecule has 0 aromatic carbocycles. The summed E-state index contributed by atoms with van der Waals surface area (Å²) in [7, 11) is 1.91. The van der Waals surface area contributed by atoms with Gasteiger partial charge >= 0.3 is 18.2 Å². The molecular formula is C23H35F3N6O5. The van der Waals surface area contributed by atoms with Gasteiger partial charge in [-0.3, -0.25) is 14.2 Å². The maximum Gasteiger partial charge on any atom is 0.419 e. The fourth-order valence-corrected chi connectivity index (χ4v) is 3.06. The number of halogens is 3. The molecule has 37 heavy (non-hydrogen) atoms. The molecule has 2 amide bonds. The Balaban J connectivity index is 0.000000836. The number of alkyl halides is 3. The quantitative estimate of drug-likeness (QED) is 0.524. The second-order valence-electron chi connectivity index (χ2n) is 9.68. The zero-order valence-corrected chi connectivity index (χ0v) is 22.3. The predicted molar refractivity (Wildman–Crippen MR) is 127 cm³/mol. The molecule has 2 N–H and O–H groups in total. The van der Waals surface area contributed by atoms with E-state index in [0.717, 1.165) is 4.68 Å². The van der Waals surface area contributed by atoms with E-state index in [1.54, 1.807) is 25.5 Å². The fraction of sp³-hybridized carbons (Fsp3) is 0.609. The van der Waals surface area contributed by atoms with Gasteiger partial charge in [-0.05, 0) is 54.0 Å². The van der Waals surface area contributed by atoms with E-state index in [2.05, 4.69) is 20.8 Å². The molecule has 0 fully saturated rings. The summed E-state index contributed by atoms with van der Waals surface area (Å²) in [5.74, 6) is -1.57. The van der Waals surface area contributed by atoms with Gasteiger partial charge in [-0.2, -0.15) is 23.4 Å². The average Bonchev–Trinajstić information content (AvgIpc) is 3.34. The van der Waals surface area contributed by atoms with E-state index >= 15 is 0 Å². The van der Waals surface area contributed by atoms with Gasteiger partial charge in [0.25, 0.3) is 0 Å². The Hall–Kier alpha value is -3.58. The minimum absolute atomic E-state index is 0.0209. The number of hydrogen-bond donors (Lipinski definition) is 2. The van der Waals surface area contributed by atoms with Crippen molar-refractivity contribution in [2.45, 2.75) is 71.8 Å². The minimum atomic E-state index is -4.65. The molecule has 1 atom stereocenters. The molecule has 11 nitrogen and oxygen atoms in total. The van der Waals surface area contributed by atoms with Crippen molar-refractivity contribution in [1.29, 1.82) is 0 Å². The second-order valence-corrected chi connectivity index (χ2v) is 9.68. The standard InChI is InChI=1S/C18H27F3N4O5.C5H8N2/c1-7-29-14(27)13(25-10-11(8-23-25)18(19,20)21)17(5,6)24-12(26)9-22-15(28)30-16(2,3)4;1-5-3-6-7(2)4-5/h8,10,13H,7,9H2,1-6H3,(H,22,28)(H,24,26);3-4H,1-2H3. The number of alkyl carbamates (subject to hydrolysis) is 1. The molecule has 0 bridgehead atoms.